The number of rotatable bonds is 4. The zero-order chi connectivity index (χ0) is 18.6. The third kappa shape index (κ3) is 5.35. The topological polar surface area (TPSA) is 75.6 Å². The third-order valence-corrected chi connectivity index (χ3v) is 3.52. The number of anilines is 1. The van der Waals surface area contributed by atoms with Gasteiger partial charge in [-0.15, -0.1) is 0 Å². The zero-order valence-electron chi connectivity index (χ0n) is 14.9. The van der Waals surface area contributed by atoms with Crippen molar-refractivity contribution in [2.45, 2.75) is 39.7 Å². The van der Waals surface area contributed by atoms with Crippen molar-refractivity contribution < 1.29 is 19.4 Å². The number of carboxylic acid groups (broad SMARTS) is 1. The van der Waals surface area contributed by atoms with Gasteiger partial charge < -0.3 is 9.84 Å². The van der Waals surface area contributed by atoms with E-state index in [9.17, 15) is 9.59 Å². The molecule has 5 nitrogen and oxygen atoms in total. The Morgan fingerprint density at radius 1 is 1.08 bits per heavy atom. The van der Waals surface area contributed by atoms with Gasteiger partial charge in [-0.25, -0.2) is 4.79 Å². The molecule has 2 rings (SSSR count). The monoisotopic (exact) mass is 341 g/mol. The Morgan fingerprint density at radius 3 is 2.28 bits per heavy atom. The highest BCUT2D eigenvalue weighted by atomic mass is 16.6. The molecule has 0 unspecified atom stereocenters. The van der Waals surface area contributed by atoms with Gasteiger partial charge in [0.15, 0.2) is 0 Å². The van der Waals surface area contributed by atoms with E-state index in [4.69, 9.17) is 9.84 Å². The van der Waals surface area contributed by atoms with Gasteiger partial charge in [0.2, 0.25) is 0 Å². The number of carbonyl (C=O) groups excluding carboxylic acids is 1. The van der Waals surface area contributed by atoms with Crippen LogP contribution in [-0.2, 0) is 16.0 Å². The molecule has 0 saturated carbocycles. The SMILES string of the molecule is Cc1cccc(CC(=O)O)c1-c1ccc(NC(=O)OC(C)(C)C)cc1. The minimum absolute atomic E-state index is 0.0328. The lowest BCUT2D eigenvalue weighted by Crippen LogP contribution is -2.27. The van der Waals surface area contributed by atoms with Crippen LogP contribution in [0, 0.1) is 6.92 Å². The molecule has 0 aliphatic heterocycles. The van der Waals surface area contributed by atoms with Gasteiger partial charge in [-0.05, 0) is 62.1 Å². The van der Waals surface area contributed by atoms with Crippen LogP contribution in [0.3, 0.4) is 0 Å². The predicted molar refractivity (Wildman–Crippen MR) is 97.8 cm³/mol. The summed E-state index contributed by atoms with van der Waals surface area (Å²) in [6, 6.07) is 12.9. The number of aliphatic carboxylic acids is 1. The van der Waals surface area contributed by atoms with Crippen LogP contribution in [0.15, 0.2) is 42.5 Å². The van der Waals surface area contributed by atoms with Gasteiger partial charge in [0.1, 0.15) is 5.60 Å². The van der Waals surface area contributed by atoms with Crippen LogP contribution in [0.25, 0.3) is 11.1 Å². The van der Waals surface area contributed by atoms with E-state index in [0.29, 0.717) is 5.69 Å². The van der Waals surface area contributed by atoms with Crippen LogP contribution in [0.4, 0.5) is 10.5 Å². The van der Waals surface area contributed by atoms with Crippen molar-refractivity contribution in [3.8, 4) is 11.1 Å². The maximum atomic E-state index is 11.8. The Bertz CT molecular complexity index is 773. The molecule has 0 saturated heterocycles. The fourth-order valence-electron chi connectivity index (χ4n) is 2.59. The van der Waals surface area contributed by atoms with E-state index >= 15 is 0 Å². The quantitative estimate of drug-likeness (QED) is 0.850. The summed E-state index contributed by atoms with van der Waals surface area (Å²) in [6.07, 6.45) is -0.544. The van der Waals surface area contributed by atoms with Crippen molar-refractivity contribution in [3.05, 3.63) is 53.6 Å². The van der Waals surface area contributed by atoms with E-state index in [-0.39, 0.29) is 6.42 Å². The van der Waals surface area contributed by atoms with Crippen molar-refractivity contribution in [1.82, 2.24) is 0 Å². The second-order valence-corrected chi connectivity index (χ2v) is 6.88. The molecule has 0 radical (unpaired) electrons. The van der Waals surface area contributed by atoms with E-state index in [1.807, 2.05) is 37.3 Å². The van der Waals surface area contributed by atoms with E-state index in [2.05, 4.69) is 5.32 Å². The summed E-state index contributed by atoms with van der Waals surface area (Å²) in [6.45, 7) is 7.36. The number of amides is 1. The third-order valence-electron chi connectivity index (χ3n) is 3.52. The molecule has 0 aromatic heterocycles. The lowest BCUT2D eigenvalue weighted by Gasteiger charge is -2.19. The molecule has 1 amide bonds. The maximum absolute atomic E-state index is 11.8. The first kappa shape index (κ1) is 18.5. The highest BCUT2D eigenvalue weighted by Crippen LogP contribution is 2.29. The largest absolute Gasteiger partial charge is 0.481 e. The summed E-state index contributed by atoms with van der Waals surface area (Å²) in [4.78, 5) is 22.9. The molecular formula is C20H23NO4. The molecule has 2 aromatic carbocycles. The molecule has 0 aliphatic rings. The van der Waals surface area contributed by atoms with Crippen LogP contribution >= 0.6 is 0 Å². The minimum Gasteiger partial charge on any atom is -0.481 e. The number of hydrogen-bond acceptors (Lipinski definition) is 3. The van der Waals surface area contributed by atoms with Crippen LogP contribution in [-0.4, -0.2) is 22.8 Å². The molecule has 0 bridgehead atoms. The average Bonchev–Trinajstić information content (AvgIpc) is 2.46. The summed E-state index contributed by atoms with van der Waals surface area (Å²) in [5.74, 6) is -0.866. The second-order valence-electron chi connectivity index (χ2n) is 6.88. The van der Waals surface area contributed by atoms with Crippen LogP contribution < -0.4 is 5.32 Å². The second kappa shape index (κ2) is 7.38. The zero-order valence-corrected chi connectivity index (χ0v) is 14.9. The molecule has 0 fully saturated rings. The summed E-state index contributed by atoms with van der Waals surface area (Å²) < 4.78 is 5.22. The molecule has 0 spiro atoms. The molecular weight excluding hydrogens is 318 g/mol. The van der Waals surface area contributed by atoms with E-state index in [0.717, 1.165) is 22.3 Å². The lowest BCUT2D eigenvalue weighted by molar-refractivity contribution is -0.136. The number of carbonyl (C=O) groups is 2. The molecule has 25 heavy (non-hydrogen) atoms. The van der Waals surface area contributed by atoms with Gasteiger partial charge in [-0.2, -0.15) is 0 Å². The Hall–Kier alpha value is -2.82. The number of aryl methyl sites for hydroxylation is 1. The van der Waals surface area contributed by atoms with Crippen LogP contribution in [0.1, 0.15) is 31.9 Å². The first-order chi connectivity index (χ1) is 11.7. The summed E-state index contributed by atoms with van der Waals surface area (Å²) in [5.41, 5.74) is 3.65. The molecule has 0 aliphatic carbocycles. The molecule has 0 heterocycles. The number of carboxylic acids is 1. The minimum atomic E-state index is -0.866. The van der Waals surface area contributed by atoms with Gasteiger partial charge in [0.05, 0.1) is 6.42 Å². The maximum Gasteiger partial charge on any atom is 0.412 e. The van der Waals surface area contributed by atoms with Crippen molar-refractivity contribution in [3.63, 3.8) is 0 Å². The first-order valence-corrected chi connectivity index (χ1v) is 8.06. The fraction of sp³-hybridized carbons (Fsp3) is 0.300. The number of hydrogen-bond donors (Lipinski definition) is 2. The van der Waals surface area contributed by atoms with Crippen molar-refractivity contribution >= 4 is 17.7 Å². The molecule has 2 aromatic rings. The van der Waals surface area contributed by atoms with Gasteiger partial charge in [0, 0.05) is 5.69 Å². The Labute approximate surface area is 147 Å². The van der Waals surface area contributed by atoms with Gasteiger partial charge >= 0.3 is 12.1 Å². The molecule has 5 heteroatoms. The van der Waals surface area contributed by atoms with Gasteiger partial charge in [-0.1, -0.05) is 30.3 Å². The summed E-state index contributed by atoms with van der Waals surface area (Å²) >= 11 is 0. The molecule has 0 atom stereocenters. The predicted octanol–water partition coefficient (Wildman–Crippen LogP) is 4.64. The smallest absolute Gasteiger partial charge is 0.412 e. The molecule has 132 valence electrons. The highest BCUT2D eigenvalue weighted by Gasteiger charge is 2.16. The number of benzene rings is 2. The number of nitrogens with one attached hydrogen (secondary N) is 1. The normalized spacial score (nSPS) is 11.0. The average molecular weight is 341 g/mol. The molecule has 2 N–H and O–H groups in total. The van der Waals surface area contributed by atoms with Crippen LogP contribution in [0.5, 0.6) is 0 Å². The van der Waals surface area contributed by atoms with Crippen molar-refractivity contribution in [1.29, 1.82) is 0 Å². The first-order valence-electron chi connectivity index (χ1n) is 8.06. The fourth-order valence-corrected chi connectivity index (χ4v) is 2.59. The van der Waals surface area contributed by atoms with E-state index in [1.54, 1.807) is 32.9 Å². The Morgan fingerprint density at radius 2 is 1.72 bits per heavy atom. The van der Waals surface area contributed by atoms with E-state index in [1.165, 1.54) is 0 Å². The summed E-state index contributed by atoms with van der Waals surface area (Å²) in [7, 11) is 0. The van der Waals surface area contributed by atoms with Gasteiger partial charge in [0.25, 0.3) is 0 Å². The van der Waals surface area contributed by atoms with Crippen molar-refractivity contribution in [2.75, 3.05) is 5.32 Å². The highest BCUT2D eigenvalue weighted by molar-refractivity contribution is 5.86. The summed E-state index contributed by atoms with van der Waals surface area (Å²) in [5, 5.41) is 11.8. The van der Waals surface area contributed by atoms with Crippen LogP contribution in [0.2, 0.25) is 0 Å². The standard InChI is InChI=1S/C20H23NO4/c1-13-6-5-7-15(12-17(22)23)18(13)14-8-10-16(11-9-14)21-19(24)25-20(2,3)4/h5-11H,12H2,1-4H3,(H,21,24)(H,22,23). The van der Waals surface area contributed by atoms with E-state index < -0.39 is 17.7 Å². The Kier molecular flexibility index (Phi) is 5.47. The van der Waals surface area contributed by atoms with Crippen molar-refractivity contribution in [2.24, 2.45) is 0 Å². The Balaban J connectivity index is 2.23. The number of ether oxygens (including phenoxy) is 1. The lowest BCUT2D eigenvalue weighted by atomic mass is 9.93. The van der Waals surface area contributed by atoms with Gasteiger partial charge in [-0.3, -0.25) is 10.1 Å².